The number of hydrogen-bond acceptors (Lipinski definition) is 4. The third kappa shape index (κ3) is 3.15. The summed E-state index contributed by atoms with van der Waals surface area (Å²) < 4.78 is 5.60. The van der Waals surface area contributed by atoms with Gasteiger partial charge in [-0.1, -0.05) is 0 Å². The number of piperidine rings is 1. The Morgan fingerprint density at radius 2 is 1.90 bits per heavy atom. The van der Waals surface area contributed by atoms with Gasteiger partial charge in [-0.3, -0.25) is 9.69 Å². The van der Waals surface area contributed by atoms with E-state index in [9.17, 15) is 4.79 Å². The van der Waals surface area contributed by atoms with Crippen LogP contribution < -0.4 is 5.32 Å². The molecule has 2 rings (SSSR count). The van der Waals surface area contributed by atoms with Crippen molar-refractivity contribution < 1.29 is 9.53 Å². The first-order valence-electron chi connectivity index (χ1n) is 7.69. The van der Waals surface area contributed by atoms with Gasteiger partial charge in [-0.2, -0.15) is 0 Å². The predicted octanol–water partition coefficient (Wildman–Crippen LogP) is 0.698. The van der Waals surface area contributed by atoms with Crippen molar-refractivity contribution in [2.75, 3.05) is 46.4 Å². The molecule has 1 N–H and O–H groups in total. The van der Waals surface area contributed by atoms with Crippen LogP contribution in [-0.4, -0.2) is 73.2 Å². The van der Waals surface area contributed by atoms with Crippen molar-refractivity contribution in [2.45, 2.75) is 44.8 Å². The highest BCUT2D eigenvalue weighted by atomic mass is 16.5. The van der Waals surface area contributed by atoms with E-state index in [0.29, 0.717) is 6.54 Å². The Labute approximate surface area is 122 Å². The number of carbonyl (C=O) groups is 1. The highest BCUT2D eigenvalue weighted by molar-refractivity contribution is 5.85. The average molecular weight is 283 g/mol. The minimum absolute atomic E-state index is 0.187. The van der Waals surface area contributed by atoms with Crippen LogP contribution in [0.2, 0.25) is 0 Å². The summed E-state index contributed by atoms with van der Waals surface area (Å²) in [6, 6.07) is 0. The van der Waals surface area contributed by atoms with Gasteiger partial charge in [0.15, 0.2) is 0 Å². The molecular weight excluding hydrogens is 254 g/mol. The predicted molar refractivity (Wildman–Crippen MR) is 79.7 cm³/mol. The topological polar surface area (TPSA) is 44.8 Å². The van der Waals surface area contributed by atoms with Crippen LogP contribution >= 0.6 is 0 Å². The van der Waals surface area contributed by atoms with Crippen LogP contribution in [0.3, 0.4) is 0 Å². The van der Waals surface area contributed by atoms with E-state index in [4.69, 9.17) is 4.74 Å². The van der Waals surface area contributed by atoms with E-state index in [0.717, 1.165) is 45.6 Å². The first-order valence-corrected chi connectivity index (χ1v) is 7.69. The maximum atomic E-state index is 12.9. The Bertz CT molecular complexity index is 353. The lowest BCUT2D eigenvalue weighted by atomic mass is 9.92. The standard InChI is InChI=1S/C15H29N3O2/c1-14(2,18-10-7-16-8-11-18)13(19)17-9-5-6-15(3,12-17)20-4/h16H,5-12H2,1-4H3. The number of rotatable bonds is 3. The molecule has 0 saturated carbocycles. The Morgan fingerprint density at radius 3 is 2.50 bits per heavy atom. The van der Waals surface area contributed by atoms with Gasteiger partial charge in [-0.15, -0.1) is 0 Å². The van der Waals surface area contributed by atoms with Crippen molar-refractivity contribution in [3.05, 3.63) is 0 Å². The fraction of sp³-hybridized carbons (Fsp3) is 0.933. The lowest BCUT2D eigenvalue weighted by molar-refractivity contribution is -0.150. The highest BCUT2D eigenvalue weighted by Gasteiger charge is 2.41. The molecule has 0 aromatic carbocycles. The number of carbonyl (C=O) groups excluding carboxylic acids is 1. The van der Waals surface area contributed by atoms with E-state index in [2.05, 4.69) is 31.0 Å². The van der Waals surface area contributed by atoms with Crippen LogP contribution in [0.4, 0.5) is 0 Å². The molecule has 0 aromatic heterocycles. The summed E-state index contributed by atoms with van der Waals surface area (Å²) in [5.74, 6) is 0.238. The lowest BCUT2D eigenvalue weighted by Gasteiger charge is -2.46. The molecular formula is C15H29N3O2. The smallest absolute Gasteiger partial charge is 0.242 e. The van der Waals surface area contributed by atoms with Crippen LogP contribution in [0.15, 0.2) is 0 Å². The van der Waals surface area contributed by atoms with Gasteiger partial charge in [-0.25, -0.2) is 0 Å². The number of hydrogen-bond donors (Lipinski definition) is 1. The van der Waals surface area contributed by atoms with Crippen molar-refractivity contribution in [1.29, 1.82) is 0 Å². The summed E-state index contributed by atoms with van der Waals surface area (Å²) >= 11 is 0. The fourth-order valence-corrected chi connectivity index (χ4v) is 3.29. The van der Waals surface area contributed by atoms with Crippen molar-refractivity contribution >= 4 is 5.91 Å². The van der Waals surface area contributed by atoms with E-state index >= 15 is 0 Å². The van der Waals surface area contributed by atoms with Gasteiger partial charge in [0.1, 0.15) is 0 Å². The zero-order valence-electron chi connectivity index (χ0n) is 13.4. The second kappa shape index (κ2) is 6.00. The fourth-order valence-electron chi connectivity index (χ4n) is 3.29. The van der Waals surface area contributed by atoms with E-state index in [1.54, 1.807) is 7.11 Å². The molecule has 5 nitrogen and oxygen atoms in total. The molecule has 0 aromatic rings. The molecule has 5 heteroatoms. The Balaban J connectivity index is 2.05. The summed E-state index contributed by atoms with van der Waals surface area (Å²) in [4.78, 5) is 17.2. The molecule has 2 saturated heterocycles. The molecule has 1 atom stereocenters. The van der Waals surface area contributed by atoms with Gasteiger partial charge in [0.25, 0.3) is 0 Å². The van der Waals surface area contributed by atoms with Gasteiger partial charge < -0.3 is 15.0 Å². The molecule has 1 unspecified atom stereocenters. The van der Waals surface area contributed by atoms with Crippen LogP contribution in [0, 0.1) is 0 Å². The second-order valence-electron chi connectivity index (χ2n) is 6.78. The van der Waals surface area contributed by atoms with Crippen LogP contribution in [0.25, 0.3) is 0 Å². The molecule has 116 valence electrons. The molecule has 2 aliphatic rings. The Kier molecular flexibility index (Phi) is 4.72. The summed E-state index contributed by atoms with van der Waals surface area (Å²) in [6.07, 6.45) is 2.05. The molecule has 2 fully saturated rings. The Morgan fingerprint density at radius 1 is 1.25 bits per heavy atom. The minimum Gasteiger partial charge on any atom is -0.377 e. The number of likely N-dealkylation sites (tertiary alicyclic amines) is 1. The number of amides is 1. The van der Waals surface area contributed by atoms with E-state index < -0.39 is 5.54 Å². The summed E-state index contributed by atoms with van der Waals surface area (Å²) in [7, 11) is 1.75. The number of piperazine rings is 1. The number of nitrogens with one attached hydrogen (secondary N) is 1. The largest absolute Gasteiger partial charge is 0.377 e. The van der Waals surface area contributed by atoms with E-state index in [1.165, 1.54) is 0 Å². The van der Waals surface area contributed by atoms with Gasteiger partial charge in [-0.05, 0) is 33.6 Å². The molecule has 0 bridgehead atoms. The first kappa shape index (κ1) is 15.7. The van der Waals surface area contributed by atoms with E-state index in [1.807, 2.05) is 4.90 Å². The van der Waals surface area contributed by atoms with Crippen LogP contribution in [0.5, 0.6) is 0 Å². The quantitative estimate of drug-likeness (QED) is 0.828. The third-order valence-corrected chi connectivity index (χ3v) is 4.87. The molecule has 0 radical (unpaired) electrons. The van der Waals surface area contributed by atoms with Crippen molar-refractivity contribution in [3.8, 4) is 0 Å². The van der Waals surface area contributed by atoms with Gasteiger partial charge in [0.05, 0.1) is 11.1 Å². The molecule has 2 heterocycles. The van der Waals surface area contributed by atoms with Crippen molar-refractivity contribution in [2.24, 2.45) is 0 Å². The van der Waals surface area contributed by atoms with Crippen molar-refractivity contribution in [1.82, 2.24) is 15.1 Å². The summed E-state index contributed by atoms with van der Waals surface area (Å²) in [5.41, 5.74) is -0.610. The molecule has 1 amide bonds. The van der Waals surface area contributed by atoms with Crippen molar-refractivity contribution in [3.63, 3.8) is 0 Å². The molecule has 20 heavy (non-hydrogen) atoms. The van der Waals surface area contributed by atoms with Gasteiger partial charge >= 0.3 is 0 Å². The zero-order valence-corrected chi connectivity index (χ0v) is 13.4. The van der Waals surface area contributed by atoms with Gasteiger partial charge in [0, 0.05) is 46.4 Å². The number of methoxy groups -OCH3 is 1. The number of ether oxygens (including phenoxy) is 1. The van der Waals surface area contributed by atoms with Crippen LogP contribution in [-0.2, 0) is 9.53 Å². The minimum atomic E-state index is -0.423. The SMILES string of the molecule is COC1(C)CCCN(C(=O)C(C)(C)N2CCNCC2)C1. The molecule has 0 spiro atoms. The normalized spacial score (nSPS) is 29.5. The lowest BCUT2D eigenvalue weighted by Crippen LogP contribution is -2.63. The summed E-state index contributed by atoms with van der Waals surface area (Å²) in [6.45, 7) is 11.6. The maximum Gasteiger partial charge on any atom is 0.242 e. The van der Waals surface area contributed by atoms with Gasteiger partial charge in [0.2, 0.25) is 5.91 Å². The third-order valence-electron chi connectivity index (χ3n) is 4.87. The summed E-state index contributed by atoms with van der Waals surface area (Å²) in [5, 5.41) is 3.34. The van der Waals surface area contributed by atoms with E-state index in [-0.39, 0.29) is 11.5 Å². The Hall–Kier alpha value is -0.650. The maximum absolute atomic E-state index is 12.9. The monoisotopic (exact) mass is 283 g/mol. The highest BCUT2D eigenvalue weighted by Crippen LogP contribution is 2.27. The molecule has 2 aliphatic heterocycles. The zero-order chi connectivity index (χ0) is 14.8. The molecule has 0 aliphatic carbocycles. The second-order valence-corrected chi connectivity index (χ2v) is 6.78. The number of nitrogens with zero attached hydrogens (tertiary/aromatic N) is 2. The first-order chi connectivity index (χ1) is 9.39. The van der Waals surface area contributed by atoms with Crippen LogP contribution in [0.1, 0.15) is 33.6 Å². The average Bonchev–Trinajstić information content (AvgIpc) is 2.47.